The van der Waals surface area contributed by atoms with Crippen LogP contribution in [0.2, 0.25) is 0 Å². The summed E-state index contributed by atoms with van der Waals surface area (Å²) in [6, 6.07) is 5.44. The second-order valence-electron chi connectivity index (χ2n) is 6.84. The van der Waals surface area contributed by atoms with E-state index in [1.165, 1.54) is 0 Å². The number of rotatable bonds is 6. The Balaban J connectivity index is 1.87. The highest BCUT2D eigenvalue weighted by molar-refractivity contribution is 5.89. The predicted molar refractivity (Wildman–Crippen MR) is 92.7 cm³/mol. The fourth-order valence-corrected chi connectivity index (χ4v) is 3.14. The third-order valence-corrected chi connectivity index (χ3v) is 4.65. The molecule has 0 saturated carbocycles. The summed E-state index contributed by atoms with van der Waals surface area (Å²) in [5.41, 5.74) is 1.91. The van der Waals surface area contributed by atoms with Crippen molar-refractivity contribution in [2.75, 3.05) is 27.2 Å². The molecule has 1 saturated heterocycles. The molecule has 4 N–H and O–H groups in total. The molecule has 0 spiro atoms. The Labute approximate surface area is 151 Å². The van der Waals surface area contributed by atoms with E-state index in [0.717, 1.165) is 29.4 Å². The van der Waals surface area contributed by atoms with Crippen LogP contribution in [-0.4, -0.2) is 83.2 Å². The zero-order chi connectivity index (χ0) is 18.8. The van der Waals surface area contributed by atoms with E-state index in [4.69, 9.17) is 9.47 Å². The van der Waals surface area contributed by atoms with Crippen LogP contribution in [0.25, 0.3) is 10.9 Å². The van der Waals surface area contributed by atoms with Crippen LogP contribution in [0.3, 0.4) is 0 Å². The van der Waals surface area contributed by atoms with Gasteiger partial charge in [0, 0.05) is 23.6 Å². The van der Waals surface area contributed by atoms with E-state index in [0.29, 0.717) is 5.75 Å². The topological polar surface area (TPSA) is 121 Å². The first-order valence-corrected chi connectivity index (χ1v) is 8.61. The van der Waals surface area contributed by atoms with E-state index in [-0.39, 0.29) is 0 Å². The SMILES string of the molecule is CN(C)CCc1c[nH]c2cccc(O[C@H]3O[C@H](CO)[C@@H](O)[C@H](O)C3[O-])c12. The van der Waals surface area contributed by atoms with Crippen LogP contribution >= 0.6 is 0 Å². The van der Waals surface area contributed by atoms with E-state index in [9.17, 15) is 20.4 Å². The van der Waals surface area contributed by atoms with Gasteiger partial charge in [-0.3, -0.25) is 0 Å². The number of fused-ring (bicyclic) bond motifs is 1. The van der Waals surface area contributed by atoms with Crippen molar-refractivity contribution in [2.45, 2.75) is 37.1 Å². The number of aromatic nitrogens is 1. The number of ether oxygens (including phenoxy) is 2. The van der Waals surface area contributed by atoms with Gasteiger partial charge in [-0.25, -0.2) is 0 Å². The summed E-state index contributed by atoms with van der Waals surface area (Å²) < 4.78 is 11.2. The van der Waals surface area contributed by atoms with Crippen molar-refractivity contribution < 1.29 is 29.9 Å². The fourth-order valence-electron chi connectivity index (χ4n) is 3.14. The molecule has 3 rings (SSSR count). The molecule has 1 aromatic carbocycles. The molecule has 1 unspecified atom stereocenters. The van der Waals surface area contributed by atoms with Gasteiger partial charge in [0.2, 0.25) is 0 Å². The molecule has 0 radical (unpaired) electrons. The highest BCUT2D eigenvalue weighted by Gasteiger charge is 2.40. The minimum atomic E-state index is -1.69. The van der Waals surface area contributed by atoms with Gasteiger partial charge in [0.05, 0.1) is 12.7 Å². The minimum Gasteiger partial charge on any atom is -0.846 e. The summed E-state index contributed by atoms with van der Waals surface area (Å²) in [4.78, 5) is 5.26. The Bertz CT molecular complexity index is 732. The lowest BCUT2D eigenvalue weighted by molar-refractivity contribution is -0.494. The molecule has 8 nitrogen and oxygen atoms in total. The van der Waals surface area contributed by atoms with Crippen LogP contribution in [0.5, 0.6) is 5.75 Å². The van der Waals surface area contributed by atoms with Gasteiger partial charge in [0.25, 0.3) is 0 Å². The number of aromatic amines is 1. The Hall–Kier alpha value is -1.68. The Kier molecular flexibility index (Phi) is 5.81. The van der Waals surface area contributed by atoms with Crippen LogP contribution in [0.4, 0.5) is 0 Å². The molecule has 5 atom stereocenters. The first kappa shape index (κ1) is 19.1. The molecule has 0 amide bonds. The first-order chi connectivity index (χ1) is 12.4. The lowest BCUT2D eigenvalue weighted by Gasteiger charge is -2.45. The second kappa shape index (κ2) is 7.91. The van der Waals surface area contributed by atoms with Crippen molar-refractivity contribution in [1.82, 2.24) is 9.88 Å². The number of nitrogens with one attached hydrogen (secondary N) is 1. The van der Waals surface area contributed by atoms with Gasteiger partial charge in [-0.15, -0.1) is 0 Å². The smallest absolute Gasteiger partial charge is 0.190 e. The van der Waals surface area contributed by atoms with Crippen molar-refractivity contribution in [3.8, 4) is 5.75 Å². The van der Waals surface area contributed by atoms with Crippen LogP contribution in [0.1, 0.15) is 5.56 Å². The minimum absolute atomic E-state index is 0.462. The second-order valence-corrected chi connectivity index (χ2v) is 6.84. The summed E-state index contributed by atoms with van der Waals surface area (Å²) in [5.74, 6) is 0.462. The van der Waals surface area contributed by atoms with E-state index in [1.54, 1.807) is 12.1 Å². The van der Waals surface area contributed by atoms with Crippen molar-refractivity contribution in [3.05, 3.63) is 30.0 Å². The lowest BCUT2D eigenvalue weighted by Crippen LogP contribution is -2.64. The summed E-state index contributed by atoms with van der Waals surface area (Å²) in [5, 5.41) is 42.2. The van der Waals surface area contributed by atoms with E-state index in [1.807, 2.05) is 26.4 Å². The maximum Gasteiger partial charge on any atom is 0.190 e. The van der Waals surface area contributed by atoms with Gasteiger partial charge >= 0.3 is 0 Å². The maximum atomic E-state index is 12.3. The molecule has 1 aliphatic heterocycles. The first-order valence-electron chi connectivity index (χ1n) is 8.61. The molecular weight excluding hydrogens is 340 g/mol. The van der Waals surface area contributed by atoms with Crippen molar-refractivity contribution in [3.63, 3.8) is 0 Å². The fraction of sp³-hybridized carbons (Fsp3) is 0.556. The third-order valence-electron chi connectivity index (χ3n) is 4.65. The number of nitrogens with zero attached hydrogens (tertiary/aromatic N) is 1. The quantitative estimate of drug-likeness (QED) is 0.508. The molecule has 144 valence electrons. The number of likely N-dealkylation sites (N-methyl/N-ethyl adjacent to an activating group) is 1. The van der Waals surface area contributed by atoms with Gasteiger partial charge < -0.3 is 39.8 Å². The van der Waals surface area contributed by atoms with Crippen molar-refractivity contribution in [2.24, 2.45) is 0 Å². The van der Waals surface area contributed by atoms with E-state index in [2.05, 4.69) is 9.88 Å². The van der Waals surface area contributed by atoms with Crippen molar-refractivity contribution in [1.29, 1.82) is 0 Å². The third kappa shape index (κ3) is 3.71. The number of hydrogen-bond donors (Lipinski definition) is 4. The van der Waals surface area contributed by atoms with Crippen LogP contribution < -0.4 is 9.84 Å². The van der Waals surface area contributed by atoms with E-state index >= 15 is 0 Å². The molecule has 1 fully saturated rings. The molecule has 0 bridgehead atoms. The summed E-state index contributed by atoms with van der Waals surface area (Å²) in [6.45, 7) is 0.330. The molecule has 1 aromatic heterocycles. The van der Waals surface area contributed by atoms with Crippen LogP contribution in [0.15, 0.2) is 24.4 Å². The molecule has 1 aliphatic rings. The zero-order valence-corrected chi connectivity index (χ0v) is 14.8. The summed E-state index contributed by atoms with van der Waals surface area (Å²) >= 11 is 0. The number of benzene rings is 1. The van der Waals surface area contributed by atoms with Gasteiger partial charge in [-0.2, -0.15) is 0 Å². The molecule has 2 heterocycles. The van der Waals surface area contributed by atoms with Crippen LogP contribution in [-0.2, 0) is 11.2 Å². The largest absolute Gasteiger partial charge is 0.846 e. The summed E-state index contributed by atoms with van der Waals surface area (Å²) in [6.07, 6.45) is -4.39. The lowest BCUT2D eigenvalue weighted by atomic mass is 9.99. The molecular formula is C18H25N2O6-. The maximum absolute atomic E-state index is 12.3. The highest BCUT2D eigenvalue weighted by Crippen LogP contribution is 2.32. The zero-order valence-electron chi connectivity index (χ0n) is 14.8. The molecule has 26 heavy (non-hydrogen) atoms. The average Bonchev–Trinajstić information content (AvgIpc) is 3.04. The Morgan fingerprint density at radius 3 is 2.73 bits per heavy atom. The van der Waals surface area contributed by atoms with E-state index < -0.39 is 37.3 Å². The standard InChI is InChI=1S/C18H25N2O6/c1-20(2)7-6-10-8-19-11-4-3-5-12(14(10)11)25-18-17(24)16(23)15(22)13(9-21)26-18/h3-5,8,13,15-19,21-23H,6-7,9H2,1-2H3/q-1/t13-,15-,16+,17?,18+/m1/s1. The van der Waals surface area contributed by atoms with Gasteiger partial charge in [0.15, 0.2) is 6.29 Å². The molecule has 8 heteroatoms. The number of H-pyrrole nitrogens is 1. The highest BCUT2D eigenvalue weighted by atomic mass is 16.7. The number of aliphatic hydroxyl groups excluding tert-OH is 3. The number of aliphatic hydroxyl groups is 3. The normalized spacial score (nSPS) is 29.4. The average molecular weight is 365 g/mol. The molecule has 2 aromatic rings. The molecule has 0 aliphatic carbocycles. The number of hydrogen-bond acceptors (Lipinski definition) is 7. The predicted octanol–water partition coefficient (Wildman–Crippen LogP) is -1.18. The summed E-state index contributed by atoms with van der Waals surface area (Å²) in [7, 11) is 3.98. The Morgan fingerprint density at radius 2 is 2.04 bits per heavy atom. The van der Waals surface area contributed by atoms with Gasteiger partial charge in [-0.1, -0.05) is 6.07 Å². The van der Waals surface area contributed by atoms with Crippen molar-refractivity contribution >= 4 is 10.9 Å². The van der Waals surface area contributed by atoms with Gasteiger partial charge in [0.1, 0.15) is 18.0 Å². The monoisotopic (exact) mass is 365 g/mol. The Morgan fingerprint density at radius 1 is 1.27 bits per heavy atom. The van der Waals surface area contributed by atoms with Gasteiger partial charge in [-0.05, 0) is 44.3 Å². The van der Waals surface area contributed by atoms with Crippen LogP contribution in [0, 0.1) is 0 Å².